The number of aromatic nitrogens is 2. The van der Waals surface area contributed by atoms with E-state index in [1.807, 2.05) is 35.2 Å². The summed E-state index contributed by atoms with van der Waals surface area (Å²) in [5, 5.41) is 7.29. The van der Waals surface area contributed by atoms with Crippen LogP contribution in [0, 0.1) is 0 Å². The van der Waals surface area contributed by atoms with Gasteiger partial charge in [-0.25, -0.2) is 0 Å². The van der Waals surface area contributed by atoms with Crippen molar-refractivity contribution in [3.63, 3.8) is 0 Å². The van der Waals surface area contributed by atoms with Crippen molar-refractivity contribution in [1.29, 1.82) is 0 Å². The Kier molecular flexibility index (Phi) is 5.71. The predicted molar refractivity (Wildman–Crippen MR) is 106 cm³/mol. The van der Waals surface area contributed by atoms with E-state index in [1.165, 1.54) is 19.3 Å². The smallest absolute Gasteiger partial charge is 0.272 e. The lowest BCUT2D eigenvalue weighted by atomic mass is 10.1. The van der Waals surface area contributed by atoms with Crippen molar-refractivity contribution in [1.82, 2.24) is 24.9 Å². The summed E-state index contributed by atoms with van der Waals surface area (Å²) in [6, 6.07) is 11.6. The fourth-order valence-corrected chi connectivity index (χ4v) is 3.91. The highest BCUT2D eigenvalue weighted by atomic mass is 16.2. The molecule has 1 aromatic heterocycles. The number of amides is 2. The van der Waals surface area contributed by atoms with Crippen molar-refractivity contribution >= 4 is 11.8 Å². The zero-order valence-corrected chi connectivity index (χ0v) is 16.1. The molecule has 2 amide bonds. The molecule has 1 aromatic carbocycles. The van der Waals surface area contributed by atoms with Gasteiger partial charge in [-0.2, -0.15) is 5.10 Å². The molecule has 0 saturated carbocycles. The van der Waals surface area contributed by atoms with Gasteiger partial charge in [0, 0.05) is 32.2 Å². The van der Waals surface area contributed by atoms with Crippen LogP contribution < -0.4 is 5.32 Å². The van der Waals surface area contributed by atoms with Gasteiger partial charge in [0.2, 0.25) is 0 Å². The highest BCUT2D eigenvalue weighted by Crippen LogP contribution is 2.16. The van der Waals surface area contributed by atoms with Crippen LogP contribution in [0.4, 0.5) is 0 Å². The molecule has 1 saturated heterocycles. The van der Waals surface area contributed by atoms with E-state index < -0.39 is 0 Å². The number of piperidine rings is 1. The molecule has 0 aliphatic carbocycles. The van der Waals surface area contributed by atoms with E-state index in [0.717, 1.165) is 25.2 Å². The first-order valence-electron chi connectivity index (χ1n) is 10.1. The van der Waals surface area contributed by atoms with E-state index >= 15 is 0 Å². The summed E-state index contributed by atoms with van der Waals surface area (Å²) in [5.41, 5.74) is 1.91. The molecule has 4 rings (SSSR count). The number of nitrogens with zero attached hydrogens (tertiary/aromatic N) is 4. The number of rotatable bonds is 6. The van der Waals surface area contributed by atoms with E-state index in [9.17, 15) is 9.59 Å². The van der Waals surface area contributed by atoms with Crippen LogP contribution in [-0.4, -0.2) is 64.1 Å². The van der Waals surface area contributed by atoms with Crippen LogP contribution in [0.3, 0.4) is 0 Å². The Balaban J connectivity index is 1.34. The highest BCUT2D eigenvalue weighted by molar-refractivity contribution is 5.98. The molecule has 0 spiro atoms. The van der Waals surface area contributed by atoms with Crippen molar-refractivity contribution < 1.29 is 9.59 Å². The van der Waals surface area contributed by atoms with Gasteiger partial charge in [-0.1, -0.05) is 36.8 Å². The number of hydrogen-bond acceptors (Lipinski definition) is 4. The Morgan fingerprint density at radius 2 is 1.82 bits per heavy atom. The quantitative estimate of drug-likeness (QED) is 0.828. The van der Waals surface area contributed by atoms with Gasteiger partial charge in [0.1, 0.15) is 5.69 Å². The zero-order chi connectivity index (χ0) is 19.3. The summed E-state index contributed by atoms with van der Waals surface area (Å²) < 4.78 is 1.66. The molecule has 0 unspecified atom stereocenters. The van der Waals surface area contributed by atoms with Gasteiger partial charge in [-0.3, -0.25) is 14.3 Å². The first-order chi connectivity index (χ1) is 13.7. The van der Waals surface area contributed by atoms with Crippen molar-refractivity contribution in [3.8, 4) is 0 Å². The molecule has 2 aliphatic rings. The van der Waals surface area contributed by atoms with Crippen LogP contribution in [0.2, 0.25) is 0 Å². The maximum absolute atomic E-state index is 12.8. The van der Waals surface area contributed by atoms with E-state index in [1.54, 1.807) is 10.7 Å². The number of carbonyl (C=O) groups is 2. The second kappa shape index (κ2) is 8.56. The van der Waals surface area contributed by atoms with Crippen LogP contribution in [-0.2, 0) is 13.1 Å². The average molecular weight is 381 g/mol. The first kappa shape index (κ1) is 18.7. The first-order valence-corrected chi connectivity index (χ1v) is 10.1. The molecule has 7 nitrogen and oxygen atoms in total. The largest absolute Gasteiger partial charge is 0.349 e. The average Bonchev–Trinajstić information content (AvgIpc) is 3.17. The number of fused-ring (bicyclic) bond motifs is 1. The minimum atomic E-state index is -0.207. The fraction of sp³-hybridized carbons (Fsp3) is 0.476. The Bertz CT molecular complexity index is 827. The normalized spacial score (nSPS) is 17.4. The van der Waals surface area contributed by atoms with E-state index in [2.05, 4.69) is 15.3 Å². The maximum Gasteiger partial charge on any atom is 0.272 e. The zero-order valence-electron chi connectivity index (χ0n) is 16.1. The minimum absolute atomic E-state index is 0.0741. The van der Waals surface area contributed by atoms with E-state index in [4.69, 9.17) is 0 Å². The van der Waals surface area contributed by atoms with Gasteiger partial charge < -0.3 is 15.1 Å². The third kappa shape index (κ3) is 4.25. The summed E-state index contributed by atoms with van der Waals surface area (Å²) in [5.74, 6) is -0.281. The molecular formula is C21H27N5O2. The molecule has 0 atom stereocenters. The van der Waals surface area contributed by atoms with Crippen LogP contribution in [0.15, 0.2) is 36.4 Å². The van der Waals surface area contributed by atoms with Gasteiger partial charge in [0.15, 0.2) is 5.69 Å². The molecule has 148 valence electrons. The second-order valence-electron chi connectivity index (χ2n) is 7.51. The monoisotopic (exact) mass is 381 g/mol. The molecule has 7 heteroatoms. The molecule has 1 fully saturated rings. The molecule has 2 aromatic rings. The van der Waals surface area contributed by atoms with Crippen molar-refractivity contribution in [2.24, 2.45) is 0 Å². The molecule has 3 heterocycles. The highest BCUT2D eigenvalue weighted by Gasteiger charge is 2.27. The summed E-state index contributed by atoms with van der Waals surface area (Å²) in [7, 11) is 0. The van der Waals surface area contributed by atoms with E-state index in [-0.39, 0.29) is 11.8 Å². The lowest BCUT2D eigenvalue weighted by Gasteiger charge is -2.27. The van der Waals surface area contributed by atoms with Gasteiger partial charge in [0.05, 0.1) is 6.54 Å². The topological polar surface area (TPSA) is 70.5 Å². The van der Waals surface area contributed by atoms with Crippen molar-refractivity contribution in [2.45, 2.75) is 32.4 Å². The number of hydrogen-bond donors (Lipinski definition) is 1. The molecule has 28 heavy (non-hydrogen) atoms. The molecule has 0 radical (unpaired) electrons. The lowest BCUT2D eigenvalue weighted by molar-refractivity contribution is 0.0683. The molecule has 1 N–H and O–H groups in total. The number of benzene rings is 1. The van der Waals surface area contributed by atoms with E-state index in [0.29, 0.717) is 37.6 Å². The Morgan fingerprint density at radius 3 is 2.61 bits per heavy atom. The van der Waals surface area contributed by atoms with Gasteiger partial charge in [-0.15, -0.1) is 0 Å². The standard InChI is InChI=1S/C21H27N5O2/c27-20(22-9-12-24-10-5-2-6-11-24)18-15-19-21(28)25(13-14-26(19)23-18)16-17-7-3-1-4-8-17/h1,3-4,7-8,15H,2,5-6,9-14,16H2,(H,22,27). The van der Waals surface area contributed by atoms with Gasteiger partial charge in [-0.05, 0) is 31.5 Å². The Morgan fingerprint density at radius 1 is 1.04 bits per heavy atom. The number of likely N-dealkylation sites (tertiary alicyclic amines) is 1. The van der Waals surface area contributed by atoms with Crippen LogP contribution in [0.1, 0.15) is 45.8 Å². The summed E-state index contributed by atoms with van der Waals surface area (Å²) in [6.07, 6.45) is 3.78. The van der Waals surface area contributed by atoms with Gasteiger partial charge >= 0.3 is 0 Å². The molecular weight excluding hydrogens is 354 g/mol. The van der Waals surface area contributed by atoms with Crippen LogP contribution in [0.25, 0.3) is 0 Å². The lowest BCUT2D eigenvalue weighted by Crippen LogP contribution is -2.39. The van der Waals surface area contributed by atoms with Crippen LogP contribution >= 0.6 is 0 Å². The fourth-order valence-electron chi connectivity index (χ4n) is 3.91. The summed E-state index contributed by atoms with van der Waals surface area (Å²) >= 11 is 0. The predicted octanol–water partition coefficient (Wildman–Crippen LogP) is 1.75. The minimum Gasteiger partial charge on any atom is -0.349 e. The molecule has 2 aliphatic heterocycles. The third-order valence-electron chi connectivity index (χ3n) is 5.48. The van der Waals surface area contributed by atoms with Crippen molar-refractivity contribution in [2.75, 3.05) is 32.7 Å². The number of carbonyl (C=O) groups excluding carboxylic acids is 2. The molecule has 0 bridgehead atoms. The maximum atomic E-state index is 12.8. The second-order valence-corrected chi connectivity index (χ2v) is 7.51. The SMILES string of the molecule is O=C(NCCN1CCCCC1)c1cc2n(n1)CCN(Cc1ccccc1)C2=O. The summed E-state index contributed by atoms with van der Waals surface area (Å²) in [6.45, 7) is 5.47. The number of nitrogens with one attached hydrogen (secondary N) is 1. The summed E-state index contributed by atoms with van der Waals surface area (Å²) in [4.78, 5) is 29.4. The Labute approximate surface area is 165 Å². The Hall–Kier alpha value is -2.67. The van der Waals surface area contributed by atoms with Crippen LogP contribution in [0.5, 0.6) is 0 Å². The third-order valence-corrected chi connectivity index (χ3v) is 5.48. The van der Waals surface area contributed by atoms with Gasteiger partial charge in [0.25, 0.3) is 11.8 Å². The van der Waals surface area contributed by atoms with Crippen molar-refractivity contribution in [3.05, 3.63) is 53.3 Å².